The third kappa shape index (κ3) is 3.58. The molecular weight excluding hydrogens is 234 g/mol. The Kier molecular flexibility index (Phi) is 5.41. The van der Waals surface area contributed by atoms with E-state index in [9.17, 15) is 0 Å². The topological polar surface area (TPSA) is 35.2 Å². The maximum Gasteiger partial charge on any atom is 0.0767 e. The van der Waals surface area contributed by atoms with E-state index in [2.05, 4.69) is 31.2 Å². The van der Waals surface area contributed by atoms with Gasteiger partial charge < -0.3 is 10.5 Å². The van der Waals surface area contributed by atoms with Crippen LogP contribution in [0, 0.1) is 0 Å². The quantitative estimate of drug-likeness (QED) is 0.800. The van der Waals surface area contributed by atoms with E-state index in [1.807, 2.05) is 6.92 Å². The Balaban J connectivity index is 2.09. The summed E-state index contributed by atoms with van der Waals surface area (Å²) in [5.74, 6) is 0.767. The van der Waals surface area contributed by atoms with E-state index in [4.69, 9.17) is 10.5 Å². The summed E-state index contributed by atoms with van der Waals surface area (Å²) in [7, 11) is 0. The molecule has 0 radical (unpaired) electrons. The zero-order valence-corrected chi connectivity index (χ0v) is 12.3. The number of benzene rings is 1. The van der Waals surface area contributed by atoms with Crippen LogP contribution in [-0.2, 0) is 4.74 Å². The van der Waals surface area contributed by atoms with Crippen molar-refractivity contribution in [2.45, 2.75) is 64.0 Å². The van der Waals surface area contributed by atoms with Crippen LogP contribution in [0.2, 0.25) is 0 Å². The second kappa shape index (κ2) is 7.06. The lowest BCUT2D eigenvalue weighted by Gasteiger charge is -2.28. The molecule has 1 aromatic rings. The molecule has 2 atom stereocenters. The third-order valence-corrected chi connectivity index (χ3v) is 4.23. The first-order chi connectivity index (χ1) is 9.26. The maximum atomic E-state index is 6.41. The lowest BCUT2D eigenvalue weighted by molar-refractivity contribution is 0.0374. The maximum absolute atomic E-state index is 6.41. The van der Waals surface area contributed by atoms with Gasteiger partial charge in [0.25, 0.3) is 0 Å². The molecule has 0 heterocycles. The van der Waals surface area contributed by atoms with Crippen LogP contribution < -0.4 is 5.73 Å². The molecule has 0 saturated heterocycles. The van der Waals surface area contributed by atoms with E-state index >= 15 is 0 Å². The van der Waals surface area contributed by atoms with Crippen LogP contribution in [0.25, 0.3) is 0 Å². The Labute approximate surface area is 117 Å². The zero-order valence-electron chi connectivity index (χ0n) is 12.3. The third-order valence-electron chi connectivity index (χ3n) is 4.23. The monoisotopic (exact) mass is 261 g/mol. The molecule has 2 unspecified atom stereocenters. The van der Waals surface area contributed by atoms with Gasteiger partial charge in [0.1, 0.15) is 0 Å². The molecule has 0 bridgehead atoms. The van der Waals surface area contributed by atoms with E-state index in [1.54, 1.807) is 0 Å². The van der Waals surface area contributed by atoms with Gasteiger partial charge in [-0.3, -0.25) is 0 Å². The molecule has 1 saturated carbocycles. The Bertz CT molecular complexity index is 381. The van der Waals surface area contributed by atoms with Gasteiger partial charge in [0, 0.05) is 6.61 Å². The molecule has 2 nitrogen and oxygen atoms in total. The van der Waals surface area contributed by atoms with Crippen LogP contribution in [0.5, 0.6) is 0 Å². The van der Waals surface area contributed by atoms with E-state index in [0.717, 1.165) is 25.4 Å². The molecular formula is C17H27NO. The molecule has 106 valence electrons. The summed E-state index contributed by atoms with van der Waals surface area (Å²) in [6, 6.07) is 8.85. The molecule has 0 aromatic heterocycles. The summed E-state index contributed by atoms with van der Waals surface area (Å²) < 4.78 is 5.81. The number of rotatable bonds is 7. The first kappa shape index (κ1) is 14.5. The van der Waals surface area contributed by atoms with Gasteiger partial charge in [-0.1, -0.05) is 44.0 Å². The SMILES string of the molecule is CCCC(OCC)C(N)c1cccc(C2CCC2)c1. The van der Waals surface area contributed by atoms with Crippen molar-refractivity contribution in [3.8, 4) is 0 Å². The molecule has 2 rings (SSSR count). The minimum absolute atomic E-state index is 0.0000680. The number of nitrogens with two attached hydrogens (primary N) is 1. The average molecular weight is 261 g/mol. The highest BCUT2D eigenvalue weighted by Crippen LogP contribution is 2.37. The molecule has 0 amide bonds. The van der Waals surface area contributed by atoms with Crippen LogP contribution in [-0.4, -0.2) is 12.7 Å². The minimum atomic E-state index is -0.0000680. The Hall–Kier alpha value is -0.860. The van der Waals surface area contributed by atoms with Gasteiger partial charge >= 0.3 is 0 Å². The molecule has 2 N–H and O–H groups in total. The molecule has 1 aliphatic rings. The van der Waals surface area contributed by atoms with E-state index in [0.29, 0.717) is 0 Å². The van der Waals surface area contributed by atoms with Gasteiger partial charge in [-0.05, 0) is 43.2 Å². The highest BCUT2D eigenvalue weighted by Gasteiger charge is 2.22. The van der Waals surface area contributed by atoms with Crippen molar-refractivity contribution in [3.63, 3.8) is 0 Å². The first-order valence-electron chi connectivity index (χ1n) is 7.73. The fourth-order valence-electron chi connectivity index (χ4n) is 2.84. The van der Waals surface area contributed by atoms with Crippen molar-refractivity contribution >= 4 is 0 Å². The van der Waals surface area contributed by atoms with E-state index in [1.165, 1.54) is 30.4 Å². The molecule has 19 heavy (non-hydrogen) atoms. The van der Waals surface area contributed by atoms with Crippen LogP contribution in [0.15, 0.2) is 24.3 Å². The summed E-state index contributed by atoms with van der Waals surface area (Å²) in [6.45, 7) is 4.96. The van der Waals surface area contributed by atoms with Gasteiger partial charge in [0.15, 0.2) is 0 Å². The highest BCUT2D eigenvalue weighted by atomic mass is 16.5. The summed E-state index contributed by atoms with van der Waals surface area (Å²) in [6.07, 6.45) is 6.33. The lowest BCUT2D eigenvalue weighted by atomic mass is 9.79. The molecule has 1 fully saturated rings. The summed E-state index contributed by atoms with van der Waals surface area (Å²) >= 11 is 0. The molecule has 1 aliphatic carbocycles. The largest absolute Gasteiger partial charge is 0.377 e. The first-order valence-corrected chi connectivity index (χ1v) is 7.73. The van der Waals surface area contributed by atoms with Gasteiger partial charge in [-0.15, -0.1) is 0 Å². The second-order valence-electron chi connectivity index (χ2n) is 5.61. The van der Waals surface area contributed by atoms with E-state index < -0.39 is 0 Å². The van der Waals surface area contributed by atoms with Crippen molar-refractivity contribution in [1.29, 1.82) is 0 Å². The number of ether oxygens (including phenoxy) is 1. The summed E-state index contributed by atoms with van der Waals surface area (Å²) in [5, 5.41) is 0. The normalized spacial score (nSPS) is 18.9. The molecule has 2 heteroatoms. The molecule has 1 aromatic carbocycles. The van der Waals surface area contributed by atoms with Crippen LogP contribution in [0.4, 0.5) is 0 Å². The second-order valence-corrected chi connectivity index (χ2v) is 5.61. The standard InChI is InChI=1S/C17H27NO/c1-3-7-16(19-4-2)17(18)15-11-6-10-14(12-15)13-8-5-9-13/h6,10-13,16-17H,3-5,7-9,18H2,1-2H3. The van der Waals surface area contributed by atoms with Gasteiger partial charge in [-0.2, -0.15) is 0 Å². The van der Waals surface area contributed by atoms with Crippen LogP contribution in [0.1, 0.15) is 69.0 Å². The van der Waals surface area contributed by atoms with Crippen molar-refractivity contribution in [2.24, 2.45) is 5.73 Å². The number of hydrogen-bond acceptors (Lipinski definition) is 2. The fraction of sp³-hybridized carbons (Fsp3) is 0.647. The summed E-state index contributed by atoms with van der Waals surface area (Å²) in [4.78, 5) is 0. The van der Waals surface area contributed by atoms with Crippen LogP contribution in [0.3, 0.4) is 0 Å². The van der Waals surface area contributed by atoms with Gasteiger partial charge in [0.2, 0.25) is 0 Å². The highest BCUT2D eigenvalue weighted by molar-refractivity contribution is 5.30. The van der Waals surface area contributed by atoms with Crippen LogP contribution >= 0.6 is 0 Å². The lowest BCUT2D eigenvalue weighted by Crippen LogP contribution is -2.29. The predicted molar refractivity (Wildman–Crippen MR) is 80.3 cm³/mol. The summed E-state index contributed by atoms with van der Waals surface area (Å²) in [5.41, 5.74) is 9.11. The predicted octanol–water partition coefficient (Wildman–Crippen LogP) is 4.16. The van der Waals surface area contributed by atoms with Crippen molar-refractivity contribution < 1.29 is 4.74 Å². The van der Waals surface area contributed by atoms with Gasteiger partial charge in [0.05, 0.1) is 12.1 Å². The van der Waals surface area contributed by atoms with Crippen molar-refractivity contribution in [3.05, 3.63) is 35.4 Å². The Morgan fingerprint density at radius 3 is 2.68 bits per heavy atom. The molecule has 0 spiro atoms. The smallest absolute Gasteiger partial charge is 0.0767 e. The Morgan fingerprint density at radius 1 is 1.32 bits per heavy atom. The average Bonchev–Trinajstić information content (AvgIpc) is 2.36. The van der Waals surface area contributed by atoms with Gasteiger partial charge in [-0.25, -0.2) is 0 Å². The Morgan fingerprint density at radius 2 is 2.11 bits per heavy atom. The van der Waals surface area contributed by atoms with Crippen molar-refractivity contribution in [2.75, 3.05) is 6.61 Å². The fourth-order valence-corrected chi connectivity index (χ4v) is 2.84. The number of hydrogen-bond donors (Lipinski definition) is 1. The van der Waals surface area contributed by atoms with Crippen molar-refractivity contribution in [1.82, 2.24) is 0 Å². The minimum Gasteiger partial charge on any atom is -0.377 e. The molecule has 0 aliphatic heterocycles. The zero-order chi connectivity index (χ0) is 13.7. The van der Waals surface area contributed by atoms with E-state index in [-0.39, 0.29) is 12.1 Å².